The minimum Gasteiger partial charge on any atom is -0.389 e. The van der Waals surface area contributed by atoms with Crippen molar-refractivity contribution in [2.75, 3.05) is 0 Å². The van der Waals surface area contributed by atoms with Crippen LogP contribution in [0.5, 0.6) is 0 Å². The molecule has 1 fully saturated rings. The first-order valence-corrected chi connectivity index (χ1v) is 5.15. The highest BCUT2D eigenvalue weighted by Gasteiger charge is 2.42. The lowest BCUT2D eigenvalue weighted by Crippen LogP contribution is -2.45. The van der Waals surface area contributed by atoms with Crippen LogP contribution in [-0.4, -0.2) is 10.7 Å². The largest absolute Gasteiger partial charge is 0.389 e. The van der Waals surface area contributed by atoms with E-state index in [4.69, 9.17) is 0 Å². The first kappa shape index (κ1) is 9.01. The van der Waals surface area contributed by atoms with Gasteiger partial charge in [-0.15, -0.1) is 6.58 Å². The molecule has 1 heteroatoms. The number of allylic oxidation sites excluding steroid dienone is 1. The number of aliphatic hydroxyl groups is 1. The second-order valence-corrected chi connectivity index (χ2v) is 4.77. The SMILES string of the molecule is C=C(C)C[C@]1(O)C[C@@H]2C=C[C@H]1CC2. The third-order valence-corrected chi connectivity index (χ3v) is 3.38. The Morgan fingerprint density at radius 1 is 1.54 bits per heavy atom. The molecule has 3 atom stereocenters. The summed E-state index contributed by atoms with van der Waals surface area (Å²) in [6.07, 6.45) is 8.63. The predicted molar refractivity (Wildman–Crippen MR) is 54.4 cm³/mol. The van der Waals surface area contributed by atoms with Crippen molar-refractivity contribution in [2.24, 2.45) is 11.8 Å². The van der Waals surface area contributed by atoms with Crippen molar-refractivity contribution in [3.8, 4) is 0 Å². The van der Waals surface area contributed by atoms with Gasteiger partial charge in [-0.25, -0.2) is 0 Å². The van der Waals surface area contributed by atoms with E-state index in [1.165, 1.54) is 6.42 Å². The van der Waals surface area contributed by atoms with Gasteiger partial charge in [-0.2, -0.15) is 0 Å². The van der Waals surface area contributed by atoms with Gasteiger partial charge in [0.05, 0.1) is 5.60 Å². The fourth-order valence-corrected chi connectivity index (χ4v) is 2.83. The van der Waals surface area contributed by atoms with Crippen molar-refractivity contribution in [3.63, 3.8) is 0 Å². The number of rotatable bonds is 2. The van der Waals surface area contributed by atoms with Gasteiger partial charge in [0, 0.05) is 5.92 Å². The van der Waals surface area contributed by atoms with Gasteiger partial charge in [0.2, 0.25) is 0 Å². The summed E-state index contributed by atoms with van der Waals surface area (Å²) in [5.74, 6) is 1.00. The topological polar surface area (TPSA) is 20.2 Å². The second kappa shape index (κ2) is 2.98. The molecular weight excluding hydrogens is 160 g/mol. The Hall–Kier alpha value is -0.560. The lowest BCUT2D eigenvalue weighted by atomic mass is 9.64. The van der Waals surface area contributed by atoms with Gasteiger partial charge in [-0.05, 0) is 38.5 Å². The molecule has 3 aliphatic rings. The summed E-state index contributed by atoms with van der Waals surface area (Å²) in [6, 6.07) is 0. The second-order valence-electron chi connectivity index (χ2n) is 4.77. The van der Waals surface area contributed by atoms with Gasteiger partial charge >= 0.3 is 0 Å². The van der Waals surface area contributed by atoms with E-state index in [1.807, 2.05) is 6.92 Å². The Balaban J connectivity index is 2.16. The van der Waals surface area contributed by atoms with E-state index in [0.717, 1.165) is 24.8 Å². The molecule has 0 amide bonds. The summed E-state index contributed by atoms with van der Waals surface area (Å²) in [7, 11) is 0. The van der Waals surface area contributed by atoms with Crippen molar-refractivity contribution < 1.29 is 5.11 Å². The molecule has 0 unspecified atom stereocenters. The van der Waals surface area contributed by atoms with Crippen LogP contribution in [0.4, 0.5) is 0 Å². The van der Waals surface area contributed by atoms with Gasteiger partial charge in [0.15, 0.2) is 0 Å². The number of hydrogen-bond acceptors (Lipinski definition) is 1. The number of fused-ring (bicyclic) bond motifs is 2. The zero-order valence-corrected chi connectivity index (χ0v) is 8.29. The third kappa shape index (κ3) is 1.58. The molecular formula is C12H18O. The maximum Gasteiger partial charge on any atom is 0.0752 e. The fourth-order valence-electron chi connectivity index (χ4n) is 2.83. The molecule has 0 aromatic carbocycles. The molecule has 3 rings (SSSR count). The van der Waals surface area contributed by atoms with Gasteiger partial charge in [-0.3, -0.25) is 0 Å². The fraction of sp³-hybridized carbons (Fsp3) is 0.667. The van der Waals surface area contributed by atoms with E-state index < -0.39 is 5.60 Å². The highest BCUT2D eigenvalue weighted by Crippen LogP contribution is 2.45. The van der Waals surface area contributed by atoms with Crippen LogP contribution in [0.25, 0.3) is 0 Å². The first-order valence-electron chi connectivity index (χ1n) is 5.15. The lowest BCUT2D eigenvalue weighted by Gasteiger charge is -2.45. The lowest BCUT2D eigenvalue weighted by molar-refractivity contribution is -0.0484. The van der Waals surface area contributed by atoms with E-state index in [9.17, 15) is 5.11 Å². The summed E-state index contributed by atoms with van der Waals surface area (Å²) >= 11 is 0. The van der Waals surface area contributed by atoms with E-state index >= 15 is 0 Å². The van der Waals surface area contributed by atoms with Gasteiger partial charge < -0.3 is 5.11 Å². The van der Waals surface area contributed by atoms with Crippen molar-refractivity contribution in [2.45, 2.75) is 38.2 Å². The Morgan fingerprint density at radius 2 is 2.31 bits per heavy atom. The molecule has 0 heterocycles. The number of hydrogen-bond donors (Lipinski definition) is 1. The molecule has 3 aliphatic carbocycles. The molecule has 0 aromatic rings. The first-order chi connectivity index (χ1) is 6.10. The maximum absolute atomic E-state index is 10.4. The Morgan fingerprint density at radius 3 is 2.69 bits per heavy atom. The molecule has 2 bridgehead atoms. The standard InChI is InChI=1S/C12H18O/c1-9(2)7-12(13)8-10-3-5-11(12)6-4-10/h3,5,10-11,13H,1,4,6-8H2,2H3/t10-,11+,12+/m1/s1. The zero-order chi connectivity index (χ0) is 9.47. The molecule has 1 nitrogen and oxygen atoms in total. The van der Waals surface area contributed by atoms with E-state index in [0.29, 0.717) is 11.8 Å². The van der Waals surface area contributed by atoms with Crippen LogP contribution in [0.3, 0.4) is 0 Å². The third-order valence-electron chi connectivity index (χ3n) is 3.38. The summed E-state index contributed by atoms with van der Waals surface area (Å²) < 4.78 is 0. The Labute approximate surface area is 80.2 Å². The minimum atomic E-state index is -0.469. The normalized spacial score (nSPS) is 42.3. The van der Waals surface area contributed by atoms with Crippen LogP contribution in [-0.2, 0) is 0 Å². The highest BCUT2D eigenvalue weighted by atomic mass is 16.3. The summed E-state index contributed by atoms with van der Waals surface area (Å²) in [4.78, 5) is 0. The molecule has 72 valence electrons. The monoisotopic (exact) mass is 178 g/mol. The average molecular weight is 178 g/mol. The van der Waals surface area contributed by atoms with Crippen LogP contribution in [0.1, 0.15) is 32.6 Å². The minimum absolute atomic E-state index is 0.384. The Kier molecular flexibility index (Phi) is 2.07. The smallest absolute Gasteiger partial charge is 0.0752 e. The summed E-state index contributed by atoms with van der Waals surface area (Å²) in [6.45, 7) is 5.90. The molecule has 0 aromatic heterocycles. The van der Waals surface area contributed by atoms with Gasteiger partial charge in [0.25, 0.3) is 0 Å². The van der Waals surface area contributed by atoms with Crippen LogP contribution in [0, 0.1) is 11.8 Å². The van der Waals surface area contributed by atoms with E-state index in [2.05, 4.69) is 18.7 Å². The molecule has 0 aliphatic heterocycles. The highest BCUT2D eigenvalue weighted by molar-refractivity contribution is 5.15. The van der Waals surface area contributed by atoms with E-state index in [1.54, 1.807) is 0 Å². The zero-order valence-electron chi connectivity index (χ0n) is 8.29. The molecule has 0 spiro atoms. The molecule has 13 heavy (non-hydrogen) atoms. The molecule has 1 N–H and O–H groups in total. The quantitative estimate of drug-likeness (QED) is 0.644. The average Bonchev–Trinajstić information content (AvgIpc) is 2.03. The predicted octanol–water partition coefficient (Wildman–Crippen LogP) is 2.67. The van der Waals surface area contributed by atoms with Crippen molar-refractivity contribution in [3.05, 3.63) is 24.3 Å². The molecule has 0 saturated heterocycles. The Bertz CT molecular complexity index is 254. The van der Waals surface area contributed by atoms with Crippen LogP contribution in [0.2, 0.25) is 0 Å². The molecule has 1 saturated carbocycles. The van der Waals surface area contributed by atoms with Crippen molar-refractivity contribution >= 4 is 0 Å². The van der Waals surface area contributed by atoms with Gasteiger partial charge in [0.1, 0.15) is 0 Å². The van der Waals surface area contributed by atoms with E-state index in [-0.39, 0.29) is 0 Å². The summed E-state index contributed by atoms with van der Waals surface area (Å²) in [5.41, 5.74) is 0.632. The van der Waals surface area contributed by atoms with Crippen LogP contribution < -0.4 is 0 Å². The van der Waals surface area contributed by atoms with Gasteiger partial charge in [-0.1, -0.05) is 17.7 Å². The van der Waals surface area contributed by atoms with Crippen molar-refractivity contribution in [1.29, 1.82) is 0 Å². The maximum atomic E-state index is 10.4. The van der Waals surface area contributed by atoms with Crippen LogP contribution in [0.15, 0.2) is 24.3 Å². The van der Waals surface area contributed by atoms with Crippen LogP contribution >= 0.6 is 0 Å². The molecule has 0 radical (unpaired) electrons. The van der Waals surface area contributed by atoms with Crippen molar-refractivity contribution in [1.82, 2.24) is 0 Å². The summed E-state index contributed by atoms with van der Waals surface area (Å²) in [5, 5.41) is 10.4.